The zero-order valence-electron chi connectivity index (χ0n) is 16.0. The lowest BCUT2D eigenvalue weighted by Gasteiger charge is -2.12. The molecular formula is C20H18F3N5O2. The monoisotopic (exact) mass is 417 g/mol. The minimum absolute atomic E-state index is 0.289. The van der Waals surface area contributed by atoms with E-state index in [0.29, 0.717) is 42.3 Å². The van der Waals surface area contributed by atoms with Crippen LogP contribution < -0.4 is 10.1 Å². The molecule has 3 aromatic heterocycles. The van der Waals surface area contributed by atoms with Gasteiger partial charge >= 0.3 is 6.18 Å². The van der Waals surface area contributed by atoms with Gasteiger partial charge in [-0.3, -0.25) is 14.5 Å². The van der Waals surface area contributed by atoms with Gasteiger partial charge in [-0.05, 0) is 37.6 Å². The summed E-state index contributed by atoms with van der Waals surface area (Å²) in [5, 5.41) is 7.34. The molecule has 0 radical (unpaired) electrons. The first-order valence-electron chi connectivity index (χ1n) is 9.36. The number of nitrogens with zero attached hydrogens (tertiary/aromatic N) is 4. The molecule has 4 rings (SSSR count). The van der Waals surface area contributed by atoms with E-state index in [-0.39, 0.29) is 11.9 Å². The van der Waals surface area contributed by atoms with E-state index >= 15 is 0 Å². The van der Waals surface area contributed by atoms with Crippen LogP contribution in [0.15, 0.2) is 42.7 Å². The minimum atomic E-state index is -4.53. The van der Waals surface area contributed by atoms with Crippen LogP contribution in [0.1, 0.15) is 41.1 Å². The lowest BCUT2D eigenvalue weighted by atomic mass is 10.1. The Labute approximate surface area is 169 Å². The average molecular weight is 417 g/mol. The summed E-state index contributed by atoms with van der Waals surface area (Å²) < 4.78 is 45.8. The number of amides is 1. The highest BCUT2D eigenvalue weighted by Crippen LogP contribution is 2.33. The second-order valence-corrected chi connectivity index (χ2v) is 6.74. The highest BCUT2D eigenvalue weighted by molar-refractivity contribution is 5.94. The molecule has 0 saturated carbocycles. The van der Waals surface area contributed by atoms with E-state index in [2.05, 4.69) is 20.4 Å². The summed E-state index contributed by atoms with van der Waals surface area (Å²) in [4.78, 5) is 20.1. The van der Waals surface area contributed by atoms with Crippen molar-refractivity contribution in [3.05, 3.63) is 59.7 Å². The maximum atomic E-state index is 12.9. The van der Waals surface area contributed by atoms with Crippen LogP contribution in [-0.4, -0.2) is 32.3 Å². The molecule has 30 heavy (non-hydrogen) atoms. The fourth-order valence-electron chi connectivity index (χ4n) is 3.34. The topological polar surface area (TPSA) is 81.9 Å². The van der Waals surface area contributed by atoms with Gasteiger partial charge in [-0.2, -0.15) is 18.3 Å². The van der Waals surface area contributed by atoms with Crippen molar-refractivity contribution >= 4 is 5.91 Å². The molecule has 3 aromatic rings. The summed E-state index contributed by atoms with van der Waals surface area (Å²) in [6.07, 6.45) is -1.28. The van der Waals surface area contributed by atoms with Crippen LogP contribution in [0.25, 0.3) is 11.3 Å². The number of pyridine rings is 2. The molecule has 0 aromatic carbocycles. The van der Waals surface area contributed by atoms with E-state index in [1.54, 1.807) is 22.9 Å². The molecule has 1 aliphatic heterocycles. The molecule has 1 N–H and O–H groups in total. The molecule has 4 heterocycles. The standard InChI is InChI=1S/C20H18F3N5O2/c1-2-30-18-10-13(4-7-25-18)19(29)26-14-5-8-28-16(14)11-15(27-28)12-3-6-24-17(9-12)20(21,22)23/h3-4,6-7,9-11,14H,2,5,8H2,1H3,(H,26,29). The molecule has 1 unspecified atom stereocenters. The highest BCUT2D eigenvalue weighted by Gasteiger charge is 2.33. The number of aryl methyl sites for hydroxylation is 1. The Kier molecular flexibility index (Phi) is 5.15. The molecule has 0 aliphatic carbocycles. The van der Waals surface area contributed by atoms with E-state index in [1.807, 2.05) is 6.92 Å². The third-order valence-electron chi connectivity index (χ3n) is 4.74. The van der Waals surface area contributed by atoms with Crippen LogP contribution in [0.3, 0.4) is 0 Å². The number of carbonyl (C=O) groups excluding carboxylic acids is 1. The van der Waals surface area contributed by atoms with Crippen LogP contribution in [0.4, 0.5) is 13.2 Å². The van der Waals surface area contributed by atoms with Crippen molar-refractivity contribution in [2.75, 3.05) is 6.61 Å². The number of rotatable bonds is 5. The Morgan fingerprint density at radius 3 is 2.80 bits per heavy atom. The lowest BCUT2D eigenvalue weighted by molar-refractivity contribution is -0.141. The van der Waals surface area contributed by atoms with Gasteiger partial charge in [0.1, 0.15) is 5.69 Å². The van der Waals surface area contributed by atoms with Crippen molar-refractivity contribution in [2.24, 2.45) is 0 Å². The van der Waals surface area contributed by atoms with Gasteiger partial charge in [0.25, 0.3) is 5.91 Å². The maximum Gasteiger partial charge on any atom is 0.433 e. The molecule has 156 valence electrons. The number of hydrogen-bond donors (Lipinski definition) is 1. The van der Waals surface area contributed by atoms with Crippen LogP contribution in [-0.2, 0) is 12.7 Å². The third-order valence-corrected chi connectivity index (χ3v) is 4.74. The summed E-state index contributed by atoms with van der Waals surface area (Å²) >= 11 is 0. The van der Waals surface area contributed by atoms with Gasteiger partial charge in [-0.15, -0.1) is 0 Å². The summed E-state index contributed by atoms with van der Waals surface area (Å²) in [7, 11) is 0. The summed E-state index contributed by atoms with van der Waals surface area (Å²) in [5.74, 6) is 0.0740. The highest BCUT2D eigenvalue weighted by atomic mass is 19.4. The predicted octanol–water partition coefficient (Wildman–Crippen LogP) is 3.63. The summed E-state index contributed by atoms with van der Waals surface area (Å²) in [5.41, 5.74) is 0.901. The molecule has 1 amide bonds. The normalized spacial score (nSPS) is 15.7. The second kappa shape index (κ2) is 7.77. The minimum Gasteiger partial charge on any atom is -0.478 e. The van der Waals surface area contributed by atoms with Gasteiger partial charge in [0.2, 0.25) is 5.88 Å². The molecule has 0 saturated heterocycles. The number of alkyl halides is 3. The Bertz CT molecular complexity index is 1080. The van der Waals surface area contributed by atoms with Crippen LogP contribution >= 0.6 is 0 Å². The first-order valence-corrected chi connectivity index (χ1v) is 9.36. The van der Waals surface area contributed by atoms with Crippen LogP contribution in [0.2, 0.25) is 0 Å². The van der Waals surface area contributed by atoms with Crippen LogP contribution in [0, 0.1) is 0 Å². The van der Waals surface area contributed by atoms with Gasteiger partial charge < -0.3 is 10.1 Å². The van der Waals surface area contributed by atoms with Crippen molar-refractivity contribution in [1.82, 2.24) is 25.1 Å². The molecule has 1 atom stereocenters. The number of halogens is 3. The van der Waals surface area contributed by atoms with E-state index < -0.39 is 11.9 Å². The number of fused-ring (bicyclic) bond motifs is 1. The third kappa shape index (κ3) is 3.98. The zero-order chi connectivity index (χ0) is 21.3. The fourth-order valence-corrected chi connectivity index (χ4v) is 3.34. The number of nitrogens with one attached hydrogen (secondary N) is 1. The van der Waals surface area contributed by atoms with E-state index in [9.17, 15) is 18.0 Å². The van der Waals surface area contributed by atoms with Gasteiger partial charge in [0.05, 0.1) is 24.0 Å². The van der Waals surface area contributed by atoms with Crippen molar-refractivity contribution in [1.29, 1.82) is 0 Å². The Morgan fingerprint density at radius 2 is 2.03 bits per heavy atom. The number of aromatic nitrogens is 4. The Balaban J connectivity index is 1.54. The zero-order valence-corrected chi connectivity index (χ0v) is 16.0. The molecule has 0 spiro atoms. The quantitative estimate of drug-likeness (QED) is 0.686. The van der Waals surface area contributed by atoms with Gasteiger partial charge in [0, 0.05) is 36.1 Å². The van der Waals surface area contributed by atoms with Gasteiger partial charge in [-0.1, -0.05) is 0 Å². The lowest BCUT2D eigenvalue weighted by Crippen LogP contribution is -2.27. The van der Waals surface area contributed by atoms with Gasteiger partial charge in [-0.25, -0.2) is 4.98 Å². The SMILES string of the molecule is CCOc1cc(C(=O)NC2CCn3nc(-c4ccnc(C(F)(F)F)c4)cc32)ccn1. The largest absolute Gasteiger partial charge is 0.478 e. The molecular weight excluding hydrogens is 399 g/mol. The predicted molar refractivity (Wildman–Crippen MR) is 101 cm³/mol. The fraction of sp³-hybridized carbons (Fsp3) is 0.300. The smallest absolute Gasteiger partial charge is 0.433 e. The van der Waals surface area contributed by atoms with E-state index in [4.69, 9.17) is 4.74 Å². The molecule has 1 aliphatic rings. The van der Waals surface area contributed by atoms with E-state index in [0.717, 1.165) is 18.0 Å². The summed E-state index contributed by atoms with van der Waals surface area (Å²) in [6, 6.07) is 7.00. The number of ether oxygens (including phenoxy) is 1. The van der Waals surface area contributed by atoms with Crippen molar-refractivity contribution in [3.63, 3.8) is 0 Å². The number of hydrogen-bond acceptors (Lipinski definition) is 5. The van der Waals surface area contributed by atoms with E-state index in [1.165, 1.54) is 12.3 Å². The molecule has 0 fully saturated rings. The summed E-state index contributed by atoms with van der Waals surface area (Å²) in [6.45, 7) is 2.82. The number of carbonyl (C=O) groups is 1. The van der Waals surface area contributed by atoms with Gasteiger partial charge in [0.15, 0.2) is 0 Å². The first-order chi connectivity index (χ1) is 14.3. The Hall–Kier alpha value is -3.43. The second-order valence-electron chi connectivity index (χ2n) is 6.74. The van der Waals surface area contributed by atoms with Crippen LogP contribution in [0.5, 0.6) is 5.88 Å². The Morgan fingerprint density at radius 1 is 1.23 bits per heavy atom. The van der Waals surface area contributed by atoms with Crippen molar-refractivity contribution < 1.29 is 22.7 Å². The maximum absolute atomic E-state index is 12.9. The average Bonchev–Trinajstić information content (AvgIpc) is 3.30. The molecule has 0 bridgehead atoms. The molecule has 10 heteroatoms. The van der Waals surface area contributed by atoms with Crippen molar-refractivity contribution in [3.8, 4) is 17.1 Å². The molecule has 7 nitrogen and oxygen atoms in total. The first kappa shape index (κ1) is 19.9. The van der Waals surface area contributed by atoms with Crippen molar-refractivity contribution in [2.45, 2.75) is 32.1 Å².